The van der Waals surface area contributed by atoms with Crippen LogP contribution in [0, 0.1) is 11.3 Å². The molecule has 0 radical (unpaired) electrons. The minimum atomic E-state index is -1.10. The highest BCUT2D eigenvalue weighted by Gasteiger charge is 2.56. The van der Waals surface area contributed by atoms with E-state index in [1.54, 1.807) is 6.92 Å². The van der Waals surface area contributed by atoms with Gasteiger partial charge in [-0.3, -0.25) is 0 Å². The Morgan fingerprint density at radius 2 is 2.11 bits per heavy atom. The summed E-state index contributed by atoms with van der Waals surface area (Å²) in [6.07, 6.45) is 5.27. The van der Waals surface area contributed by atoms with Crippen molar-refractivity contribution in [3.8, 4) is 0 Å². The second-order valence-electron chi connectivity index (χ2n) is 6.83. The summed E-state index contributed by atoms with van der Waals surface area (Å²) in [4.78, 5) is 0. The van der Waals surface area contributed by atoms with E-state index in [2.05, 4.69) is 13.5 Å². The lowest BCUT2D eigenvalue weighted by Crippen LogP contribution is -2.57. The highest BCUT2D eigenvalue weighted by molar-refractivity contribution is 5.24. The quantitative estimate of drug-likeness (QED) is 0.661. The number of hydrogen-bond acceptors (Lipinski definition) is 3. The molecule has 3 heteroatoms. The summed E-state index contributed by atoms with van der Waals surface area (Å²) in [6, 6.07) is 0. The normalized spacial score (nSPS) is 44.3. The van der Waals surface area contributed by atoms with Crippen molar-refractivity contribution in [1.29, 1.82) is 0 Å². The molecule has 0 heterocycles. The van der Waals surface area contributed by atoms with Gasteiger partial charge in [-0.1, -0.05) is 13.5 Å². The Bertz CT molecular complexity index is 350. The molecule has 0 aromatic carbocycles. The van der Waals surface area contributed by atoms with Crippen LogP contribution in [-0.4, -0.2) is 33.1 Å². The predicted molar refractivity (Wildman–Crippen MR) is 71.1 cm³/mol. The van der Waals surface area contributed by atoms with Gasteiger partial charge in [-0.2, -0.15) is 0 Å². The molecule has 2 fully saturated rings. The van der Waals surface area contributed by atoms with Crippen LogP contribution in [0.2, 0.25) is 0 Å². The molecule has 0 amide bonds. The number of rotatable bonds is 2. The standard InChI is InChI=1S/C15H26O3/c1-11-5-4-7-13(2)8-6-12(9-15(11,13)18)14(3,17)10-16/h12,16-18H,1,4-10H2,2-3H3/t12-,13-,14+,15-/m1/s1. The lowest BCUT2D eigenvalue weighted by Gasteiger charge is -2.56. The summed E-state index contributed by atoms with van der Waals surface area (Å²) < 4.78 is 0. The van der Waals surface area contributed by atoms with Gasteiger partial charge in [-0.15, -0.1) is 0 Å². The second kappa shape index (κ2) is 4.32. The maximum Gasteiger partial charge on any atom is 0.0911 e. The first-order chi connectivity index (χ1) is 8.25. The van der Waals surface area contributed by atoms with Gasteiger partial charge >= 0.3 is 0 Å². The zero-order valence-corrected chi connectivity index (χ0v) is 11.6. The Hall–Kier alpha value is -0.380. The van der Waals surface area contributed by atoms with Crippen molar-refractivity contribution in [2.45, 2.75) is 63.6 Å². The minimum Gasteiger partial charge on any atom is -0.393 e. The Morgan fingerprint density at radius 3 is 2.72 bits per heavy atom. The molecule has 0 saturated heterocycles. The van der Waals surface area contributed by atoms with Gasteiger partial charge in [0.15, 0.2) is 0 Å². The van der Waals surface area contributed by atoms with Crippen LogP contribution in [0.5, 0.6) is 0 Å². The molecule has 0 aromatic rings. The first-order valence-electron chi connectivity index (χ1n) is 6.99. The van der Waals surface area contributed by atoms with Crippen molar-refractivity contribution >= 4 is 0 Å². The average molecular weight is 254 g/mol. The minimum absolute atomic E-state index is 0.0598. The number of aliphatic hydroxyl groups excluding tert-OH is 1. The maximum atomic E-state index is 11.1. The molecule has 0 aromatic heterocycles. The number of fused-ring (bicyclic) bond motifs is 1. The molecule has 2 aliphatic carbocycles. The fourth-order valence-corrected chi connectivity index (χ4v) is 3.87. The van der Waals surface area contributed by atoms with Gasteiger partial charge in [0.25, 0.3) is 0 Å². The highest BCUT2D eigenvalue weighted by Crippen LogP contribution is 2.57. The summed E-state index contributed by atoms with van der Waals surface area (Å²) in [5, 5.41) is 30.6. The van der Waals surface area contributed by atoms with E-state index in [4.69, 9.17) is 0 Å². The molecule has 0 bridgehead atoms. The Balaban J connectivity index is 2.27. The number of aliphatic hydroxyl groups is 3. The van der Waals surface area contributed by atoms with Crippen LogP contribution in [0.15, 0.2) is 12.2 Å². The fraction of sp³-hybridized carbons (Fsp3) is 0.867. The highest BCUT2D eigenvalue weighted by atomic mass is 16.3. The van der Waals surface area contributed by atoms with Gasteiger partial charge < -0.3 is 15.3 Å². The van der Waals surface area contributed by atoms with E-state index in [0.717, 1.165) is 37.7 Å². The lowest BCUT2D eigenvalue weighted by atomic mass is 9.52. The van der Waals surface area contributed by atoms with E-state index >= 15 is 0 Å². The predicted octanol–water partition coefficient (Wildman–Crippen LogP) is 2.01. The molecule has 2 aliphatic rings. The Labute approximate surface area is 110 Å². The third kappa shape index (κ3) is 1.93. The molecule has 18 heavy (non-hydrogen) atoms. The molecule has 0 unspecified atom stereocenters. The summed E-state index contributed by atoms with van der Waals surface area (Å²) >= 11 is 0. The monoisotopic (exact) mass is 254 g/mol. The molecule has 3 N–H and O–H groups in total. The molecule has 2 saturated carbocycles. The van der Waals surface area contributed by atoms with Gasteiger partial charge in [0.2, 0.25) is 0 Å². The summed E-state index contributed by atoms with van der Waals surface area (Å²) in [6.45, 7) is 7.61. The van der Waals surface area contributed by atoms with Gasteiger partial charge in [-0.05, 0) is 56.9 Å². The zero-order valence-electron chi connectivity index (χ0n) is 11.6. The van der Waals surface area contributed by atoms with E-state index in [1.807, 2.05) is 0 Å². The molecule has 104 valence electrons. The van der Waals surface area contributed by atoms with Crippen molar-refractivity contribution in [2.24, 2.45) is 11.3 Å². The first kappa shape index (κ1) is 14.0. The number of hydrogen-bond donors (Lipinski definition) is 3. The zero-order chi connectivity index (χ0) is 13.6. The third-order valence-corrected chi connectivity index (χ3v) is 5.58. The van der Waals surface area contributed by atoms with Crippen molar-refractivity contribution in [3.63, 3.8) is 0 Å². The summed E-state index contributed by atoms with van der Waals surface area (Å²) in [5.74, 6) is -0.0598. The molecule has 4 atom stereocenters. The van der Waals surface area contributed by atoms with Gasteiger partial charge in [0.1, 0.15) is 0 Å². The second-order valence-corrected chi connectivity index (χ2v) is 6.83. The van der Waals surface area contributed by atoms with Crippen LogP contribution < -0.4 is 0 Å². The van der Waals surface area contributed by atoms with Crippen molar-refractivity contribution < 1.29 is 15.3 Å². The Kier molecular flexibility index (Phi) is 3.37. The average Bonchev–Trinajstić information content (AvgIpc) is 2.31. The van der Waals surface area contributed by atoms with Gasteiger partial charge in [-0.25, -0.2) is 0 Å². The van der Waals surface area contributed by atoms with E-state index in [9.17, 15) is 15.3 Å². The van der Waals surface area contributed by atoms with Crippen molar-refractivity contribution in [2.75, 3.05) is 6.61 Å². The topological polar surface area (TPSA) is 60.7 Å². The SMILES string of the molecule is C=C1CCC[C@]2(C)CC[C@@H]([C@@](C)(O)CO)C[C@@]12O. The molecule has 0 spiro atoms. The van der Waals surface area contributed by atoms with Crippen LogP contribution in [0.3, 0.4) is 0 Å². The third-order valence-electron chi connectivity index (χ3n) is 5.58. The van der Waals surface area contributed by atoms with Crippen LogP contribution in [0.4, 0.5) is 0 Å². The molecule has 3 nitrogen and oxygen atoms in total. The van der Waals surface area contributed by atoms with Crippen LogP contribution in [0.25, 0.3) is 0 Å². The molecule has 2 rings (SSSR count). The van der Waals surface area contributed by atoms with Gasteiger partial charge in [0.05, 0.1) is 17.8 Å². The fourth-order valence-electron chi connectivity index (χ4n) is 3.87. The summed E-state index contributed by atoms with van der Waals surface area (Å²) in [5.41, 5.74) is -1.17. The molecule has 0 aliphatic heterocycles. The maximum absolute atomic E-state index is 11.1. The summed E-state index contributed by atoms with van der Waals surface area (Å²) in [7, 11) is 0. The van der Waals surface area contributed by atoms with E-state index in [1.165, 1.54) is 0 Å². The van der Waals surface area contributed by atoms with Gasteiger partial charge in [0, 0.05) is 5.41 Å². The first-order valence-corrected chi connectivity index (χ1v) is 6.99. The van der Waals surface area contributed by atoms with E-state index in [-0.39, 0.29) is 17.9 Å². The van der Waals surface area contributed by atoms with Crippen molar-refractivity contribution in [1.82, 2.24) is 0 Å². The molecular formula is C15H26O3. The Morgan fingerprint density at radius 1 is 1.44 bits per heavy atom. The van der Waals surface area contributed by atoms with E-state index in [0.29, 0.717) is 6.42 Å². The van der Waals surface area contributed by atoms with Crippen LogP contribution in [-0.2, 0) is 0 Å². The molecular weight excluding hydrogens is 228 g/mol. The smallest absolute Gasteiger partial charge is 0.0911 e. The van der Waals surface area contributed by atoms with Crippen LogP contribution in [0.1, 0.15) is 52.4 Å². The van der Waals surface area contributed by atoms with Crippen molar-refractivity contribution in [3.05, 3.63) is 12.2 Å². The van der Waals surface area contributed by atoms with Crippen LogP contribution >= 0.6 is 0 Å². The lowest BCUT2D eigenvalue weighted by molar-refractivity contribution is -0.152. The largest absolute Gasteiger partial charge is 0.393 e. The van der Waals surface area contributed by atoms with E-state index < -0.39 is 11.2 Å².